The first-order valence-corrected chi connectivity index (χ1v) is 7.17. The van der Waals surface area contributed by atoms with Gasteiger partial charge in [0.05, 0.1) is 10.6 Å². The Balaban J connectivity index is 2.25. The molecule has 0 bridgehead atoms. The lowest BCUT2D eigenvalue weighted by Crippen LogP contribution is -2.10. The molecule has 0 spiro atoms. The minimum Gasteiger partial charge on any atom is -0.456 e. The van der Waals surface area contributed by atoms with Gasteiger partial charge in [-0.2, -0.15) is 13.2 Å². The Kier molecular flexibility index (Phi) is 5.58. The zero-order chi connectivity index (χ0) is 18.6. The van der Waals surface area contributed by atoms with Crippen molar-refractivity contribution in [3.05, 3.63) is 73.6 Å². The Morgan fingerprint density at radius 2 is 1.96 bits per heavy atom. The highest BCUT2D eigenvalue weighted by Gasteiger charge is 2.31. The molecule has 1 unspecified atom stereocenters. The van der Waals surface area contributed by atoms with Crippen LogP contribution in [0.1, 0.15) is 17.2 Å². The summed E-state index contributed by atoms with van der Waals surface area (Å²) in [5.41, 5.74) is -0.679. The molecule has 0 N–H and O–H groups in total. The molecule has 0 aliphatic rings. The summed E-state index contributed by atoms with van der Waals surface area (Å²) in [7, 11) is 0. The lowest BCUT2D eigenvalue weighted by Gasteiger charge is -2.12. The van der Waals surface area contributed by atoms with Crippen LogP contribution in [0.25, 0.3) is 0 Å². The Labute approximate surface area is 144 Å². The quantitative estimate of drug-likeness (QED) is 0.393. The summed E-state index contributed by atoms with van der Waals surface area (Å²) in [6, 6.07) is 7.12. The molecule has 0 radical (unpaired) electrons. The van der Waals surface area contributed by atoms with Crippen LogP contribution < -0.4 is 4.74 Å². The Bertz CT molecular complexity index is 799. The Morgan fingerprint density at radius 3 is 2.52 bits per heavy atom. The zero-order valence-electron chi connectivity index (χ0n) is 12.4. The summed E-state index contributed by atoms with van der Waals surface area (Å²) in [6.07, 6.45) is -4.53. The summed E-state index contributed by atoms with van der Waals surface area (Å²) in [5, 5.41) is 13.0. The Hall–Kier alpha value is -2.68. The first-order chi connectivity index (χ1) is 11.7. The van der Waals surface area contributed by atoms with E-state index in [2.05, 4.69) is 5.18 Å². The first kappa shape index (κ1) is 18.7. The van der Waals surface area contributed by atoms with Crippen molar-refractivity contribution in [3.8, 4) is 11.5 Å². The second-order valence-electron chi connectivity index (χ2n) is 4.95. The monoisotopic (exact) mass is 374 g/mol. The maximum Gasteiger partial charge on any atom is 0.416 e. The predicted molar refractivity (Wildman–Crippen MR) is 83.4 cm³/mol. The van der Waals surface area contributed by atoms with Gasteiger partial charge in [-0.3, -0.25) is 10.1 Å². The van der Waals surface area contributed by atoms with E-state index >= 15 is 0 Å². The van der Waals surface area contributed by atoms with E-state index in [1.54, 1.807) is 0 Å². The fourth-order valence-corrected chi connectivity index (χ4v) is 2.23. The van der Waals surface area contributed by atoms with E-state index in [1.807, 2.05) is 0 Å². The second kappa shape index (κ2) is 7.47. The highest BCUT2D eigenvalue weighted by Crippen LogP contribution is 2.36. The number of rotatable bonds is 6. The van der Waals surface area contributed by atoms with E-state index in [9.17, 15) is 28.2 Å². The van der Waals surface area contributed by atoms with Crippen molar-refractivity contribution in [2.45, 2.75) is 12.2 Å². The van der Waals surface area contributed by atoms with Gasteiger partial charge in [-0.1, -0.05) is 28.9 Å². The minimum absolute atomic E-state index is 0.0308. The van der Waals surface area contributed by atoms with Crippen molar-refractivity contribution in [2.75, 3.05) is 6.54 Å². The highest BCUT2D eigenvalue weighted by molar-refractivity contribution is 6.32. The predicted octanol–water partition coefficient (Wildman–Crippen LogP) is 5.24. The molecule has 25 heavy (non-hydrogen) atoms. The molecule has 10 heteroatoms. The zero-order valence-corrected chi connectivity index (χ0v) is 13.1. The molecular formula is C15H10ClF3N2O4. The summed E-state index contributed by atoms with van der Waals surface area (Å²) >= 11 is 5.80. The largest absolute Gasteiger partial charge is 0.456 e. The molecule has 0 saturated heterocycles. The molecule has 0 aromatic heterocycles. The minimum atomic E-state index is -4.53. The van der Waals surface area contributed by atoms with E-state index < -0.39 is 29.2 Å². The van der Waals surface area contributed by atoms with E-state index in [0.717, 1.165) is 18.2 Å². The SMILES string of the molecule is O=NC(C[N+](=O)[O-])c1cccc(Oc2ccc(C(F)(F)F)cc2Cl)c1. The van der Waals surface area contributed by atoms with Gasteiger partial charge >= 0.3 is 6.18 Å². The van der Waals surface area contributed by atoms with Crippen molar-refractivity contribution in [2.24, 2.45) is 5.18 Å². The second-order valence-corrected chi connectivity index (χ2v) is 5.36. The molecule has 0 fully saturated rings. The highest BCUT2D eigenvalue weighted by atomic mass is 35.5. The van der Waals surface area contributed by atoms with Gasteiger partial charge in [-0.05, 0) is 35.9 Å². The smallest absolute Gasteiger partial charge is 0.416 e. The van der Waals surface area contributed by atoms with Crippen LogP contribution in [-0.4, -0.2) is 11.5 Å². The van der Waals surface area contributed by atoms with Crippen LogP contribution >= 0.6 is 11.6 Å². The number of nitroso groups, excluding NO2 is 1. The van der Waals surface area contributed by atoms with Crippen LogP contribution in [0.5, 0.6) is 11.5 Å². The van der Waals surface area contributed by atoms with Gasteiger partial charge in [-0.25, -0.2) is 0 Å². The average molecular weight is 375 g/mol. The maximum atomic E-state index is 12.6. The van der Waals surface area contributed by atoms with Crippen LogP contribution in [0.15, 0.2) is 47.6 Å². The lowest BCUT2D eigenvalue weighted by atomic mass is 10.1. The van der Waals surface area contributed by atoms with Gasteiger partial charge in [0.1, 0.15) is 11.5 Å². The van der Waals surface area contributed by atoms with E-state index in [4.69, 9.17) is 16.3 Å². The number of benzene rings is 2. The molecule has 0 amide bonds. The number of ether oxygens (including phenoxy) is 1. The molecule has 0 aliphatic carbocycles. The van der Waals surface area contributed by atoms with Crippen molar-refractivity contribution in [3.63, 3.8) is 0 Å². The van der Waals surface area contributed by atoms with Crippen LogP contribution in [0.3, 0.4) is 0 Å². The molecule has 0 aliphatic heterocycles. The van der Waals surface area contributed by atoms with Crippen molar-refractivity contribution < 1.29 is 22.8 Å². The number of halogens is 4. The molecule has 1 atom stereocenters. The summed E-state index contributed by atoms with van der Waals surface area (Å²) < 4.78 is 43.3. The third-order valence-electron chi connectivity index (χ3n) is 3.18. The first-order valence-electron chi connectivity index (χ1n) is 6.79. The molecule has 0 heterocycles. The van der Waals surface area contributed by atoms with Gasteiger partial charge in [0.2, 0.25) is 6.54 Å². The average Bonchev–Trinajstić information content (AvgIpc) is 2.53. The number of nitro groups is 1. The van der Waals surface area contributed by atoms with Crippen molar-refractivity contribution in [1.29, 1.82) is 0 Å². The van der Waals surface area contributed by atoms with E-state index in [0.29, 0.717) is 0 Å². The topological polar surface area (TPSA) is 81.8 Å². The molecule has 0 saturated carbocycles. The number of alkyl halides is 3. The van der Waals surface area contributed by atoms with Crippen molar-refractivity contribution >= 4 is 11.6 Å². The normalized spacial score (nSPS) is 12.5. The van der Waals surface area contributed by atoms with Gasteiger partial charge < -0.3 is 4.74 Å². The third kappa shape index (κ3) is 4.90. The number of hydrogen-bond donors (Lipinski definition) is 0. The van der Waals surface area contributed by atoms with Gasteiger partial charge in [0.25, 0.3) is 0 Å². The third-order valence-corrected chi connectivity index (χ3v) is 3.47. The van der Waals surface area contributed by atoms with E-state index in [1.165, 1.54) is 24.3 Å². The number of nitrogens with zero attached hydrogens (tertiary/aromatic N) is 2. The fraction of sp³-hybridized carbons (Fsp3) is 0.200. The molecule has 2 aromatic rings. The van der Waals surface area contributed by atoms with Crippen LogP contribution in [-0.2, 0) is 6.18 Å². The van der Waals surface area contributed by atoms with Crippen LogP contribution in [0.4, 0.5) is 13.2 Å². The number of hydrogen-bond acceptors (Lipinski definition) is 5. The van der Waals surface area contributed by atoms with Crippen molar-refractivity contribution in [1.82, 2.24) is 0 Å². The molecule has 2 aromatic carbocycles. The fourth-order valence-electron chi connectivity index (χ4n) is 2.01. The van der Waals surface area contributed by atoms with Gasteiger partial charge in [0, 0.05) is 4.92 Å². The summed E-state index contributed by atoms with van der Waals surface area (Å²) in [5.74, 6) is 0.118. The molecular weight excluding hydrogens is 365 g/mol. The van der Waals surface area contributed by atoms with E-state index in [-0.39, 0.29) is 22.1 Å². The maximum absolute atomic E-state index is 12.6. The summed E-state index contributed by atoms with van der Waals surface area (Å²) in [6.45, 7) is -0.687. The molecule has 2 rings (SSSR count). The van der Waals surface area contributed by atoms with Gasteiger partial charge in [0.15, 0.2) is 6.04 Å². The molecule has 6 nitrogen and oxygen atoms in total. The van der Waals surface area contributed by atoms with Crippen LogP contribution in [0, 0.1) is 15.0 Å². The molecule has 132 valence electrons. The van der Waals surface area contributed by atoms with Crippen LogP contribution in [0.2, 0.25) is 5.02 Å². The summed E-state index contributed by atoms with van der Waals surface area (Å²) in [4.78, 5) is 20.6. The Morgan fingerprint density at radius 1 is 1.24 bits per heavy atom. The standard InChI is InChI=1S/C15H10ClF3N2O4/c16-12-7-10(15(17,18)19)4-5-14(12)25-11-3-1-2-9(6-11)13(20-22)8-21(23)24/h1-7,13H,8H2. The van der Waals surface area contributed by atoms with Gasteiger partial charge in [-0.15, -0.1) is 4.91 Å². The lowest BCUT2D eigenvalue weighted by molar-refractivity contribution is -0.483.